The van der Waals surface area contributed by atoms with Crippen LogP contribution < -0.4 is 0 Å². The number of carbonyl (C=O) groups excluding carboxylic acids is 2. The van der Waals surface area contributed by atoms with Gasteiger partial charge in [0.05, 0.1) is 21.3 Å². The normalized spacial score (nSPS) is 13.7. The molecule has 1 aliphatic rings. The summed E-state index contributed by atoms with van der Waals surface area (Å²) in [5.74, 6) is -0.343. The van der Waals surface area contributed by atoms with Crippen molar-refractivity contribution >= 4 is 66.0 Å². The molecule has 3 heterocycles. The summed E-state index contributed by atoms with van der Waals surface area (Å²) in [4.78, 5) is 30.7. The lowest BCUT2D eigenvalue weighted by molar-refractivity contribution is 0.0600. The number of halogens is 2. The molecule has 0 spiro atoms. The van der Waals surface area contributed by atoms with Gasteiger partial charge in [-0.2, -0.15) is 0 Å². The third kappa shape index (κ3) is 3.00. The summed E-state index contributed by atoms with van der Waals surface area (Å²) in [6, 6.07) is 7.32. The SMILES string of the molecule is COC(=O)c1ccc2[nH]c3c(c2c1)CN(C(=O)c1cc(Br)c(Br)s1)CC3. The van der Waals surface area contributed by atoms with Crippen LogP contribution in [0.1, 0.15) is 31.3 Å². The largest absolute Gasteiger partial charge is 0.465 e. The first kappa shape index (κ1) is 17.8. The number of rotatable bonds is 2. The predicted molar refractivity (Wildman–Crippen MR) is 108 cm³/mol. The van der Waals surface area contributed by atoms with Gasteiger partial charge in [-0.1, -0.05) is 0 Å². The summed E-state index contributed by atoms with van der Waals surface area (Å²) >= 11 is 8.30. The third-order valence-corrected chi connectivity index (χ3v) is 7.78. The molecule has 0 atom stereocenters. The average Bonchev–Trinajstić information content (AvgIpc) is 3.19. The number of amides is 1. The van der Waals surface area contributed by atoms with E-state index in [0.717, 1.165) is 36.8 Å². The summed E-state index contributed by atoms with van der Waals surface area (Å²) in [5.41, 5.74) is 3.68. The van der Waals surface area contributed by atoms with Crippen molar-refractivity contribution < 1.29 is 14.3 Å². The van der Waals surface area contributed by atoms with Gasteiger partial charge in [0.25, 0.3) is 5.91 Å². The van der Waals surface area contributed by atoms with E-state index in [1.165, 1.54) is 18.4 Å². The van der Waals surface area contributed by atoms with Crippen LogP contribution in [0.4, 0.5) is 0 Å². The highest BCUT2D eigenvalue weighted by molar-refractivity contribution is 9.13. The van der Waals surface area contributed by atoms with Crippen LogP contribution in [0.2, 0.25) is 0 Å². The molecule has 0 saturated heterocycles. The van der Waals surface area contributed by atoms with E-state index in [0.29, 0.717) is 23.5 Å². The predicted octanol–water partition coefficient (Wildman–Crippen LogP) is 4.74. The highest BCUT2D eigenvalue weighted by Crippen LogP contribution is 2.34. The number of benzene rings is 1. The molecule has 0 unspecified atom stereocenters. The number of aromatic amines is 1. The minimum Gasteiger partial charge on any atom is -0.465 e. The molecule has 1 N–H and O–H groups in total. The van der Waals surface area contributed by atoms with E-state index in [-0.39, 0.29) is 11.9 Å². The number of ether oxygens (including phenoxy) is 1. The molecule has 2 aromatic heterocycles. The van der Waals surface area contributed by atoms with Gasteiger partial charge in [-0.05, 0) is 56.1 Å². The summed E-state index contributed by atoms with van der Waals surface area (Å²) in [7, 11) is 1.37. The molecule has 3 aromatic rings. The number of H-pyrrole nitrogens is 1. The molecule has 0 saturated carbocycles. The maximum absolute atomic E-state index is 12.9. The van der Waals surface area contributed by atoms with Gasteiger partial charge in [0.15, 0.2) is 0 Å². The standard InChI is InChI=1S/C18H14Br2N2O3S/c1-25-18(24)9-2-3-13-10(6-9)11-8-22(5-4-14(11)21-13)17(23)15-7-12(19)16(20)26-15/h2-3,6-7,21H,4-5,8H2,1H3. The van der Waals surface area contributed by atoms with E-state index in [4.69, 9.17) is 4.74 Å². The lowest BCUT2D eigenvalue weighted by Gasteiger charge is -2.26. The summed E-state index contributed by atoms with van der Waals surface area (Å²) < 4.78 is 6.61. The highest BCUT2D eigenvalue weighted by Gasteiger charge is 2.26. The van der Waals surface area contributed by atoms with Crippen LogP contribution in [0.15, 0.2) is 32.5 Å². The molecular formula is C18H14Br2N2O3S. The first-order valence-electron chi connectivity index (χ1n) is 7.94. The van der Waals surface area contributed by atoms with Crippen molar-refractivity contribution in [3.8, 4) is 0 Å². The Morgan fingerprint density at radius 1 is 1.27 bits per heavy atom. The molecule has 5 nitrogen and oxygen atoms in total. The molecule has 0 fully saturated rings. The van der Waals surface area contributed by atoms with Gasteiger partial charge >= 0.3 is 5.97 Å². The van der Waals surface area contributed by atoms with Crippen molar-refractivity contribution in [3.05, 3.63) is 54.2 Å². The highest BCUT2D eigenvalue weighted by atomic mass is 79.9. The second-order valence-corrected chi connectivity index (χ2v) is 9.27. The van der Waals surface area contributed by atoms with Crippen molar-refractivity contribution in [3.63, 3.8) is 0 Å². The fourth-order valence-electron chi connectivity index (χ4n) is 3.24. The Kier molecular flexibility index (Phi) is 4.66. The first-order valence-corrected chi connectivity index (χ1v) is 10.3. The number of methoxy groups -OCH3 is 1. The average molecular weight is 498 g/mol. The maximum Gasteiger partial charge on any atom is 0.337 e. The summed E-state index contributed by atoms with van der Waals surface area (Å²) in [5, 5.41) is 0.967. The molecule has 134 valence electrons. The number of aromatic nitrogens is 1. The van der Waals surface area contributed by atoms with Gasteiger partial charge in [-0.15, -0.1) is 11.3 Å². The lowest BCUT2D eigenvalue weighted by Crippen LogP contribution is -2.35. The Balaban J connectivity index is 1.68. The quantitative estimate of drug-likeness (QED) is 0.520. The summed E-state index contributed by atoms with van der Waals surface area (Å²) in [6.07, 6.45) is 0.761. The van der Waals surface area contributed by atoms with Gasteiger partial charge in [-0.3, -0.25) is 4.79 Å². The molecule has 1 amide bonds. The van der Waals surface area contributed by atoms with E-state index in [9.17, 15) is 9.59 Å². The van der Waals surface area contributed by atoms with Crippen LogP contribution >= 0.6 is 43.2 Å². The minimum absolute atomic E-state index is 0.0190. The molecule has 4 rings (SSSR count). The Morgan fingerprint density at radius 3 is 2.77 bits per heavy atom. The van der Waals surface area contributed by atoms with Gasteiger partial charge < -0.3 is 14.6 Å². The first-order chi connectivity index (χ1) is 12.5. The Labute approximate surface area is 170 Å². The fourth-order valence-corrected chi connectivity index (χ4v) is 5.24. The second kappa shape index (κ2) is 6.83. The summed E-state index contributed by atoms with van der Waals surface area (Å²) in [6.45, 7) is 1.18. The number of nitrogens with one attached hydrogen (secondary N) is 1. The van der Waals surface area contributed by atoms with Gasteiger partial charge in [-0.25, -0.2) is 4.79 Å². The van der Waals surface area contributed by atoms with E-state index in [1.807, 2.05) is 23.1 Å². The zero-order chi connectivity index (χ0) is 18.4. The molecule has 0 bridgehead atoms. The van der Waals surface area contributed by atoms with Crippen LogP contribution in [0.5, 0.6) is 0 Å². The Hall–Kier alpha value is -1.64. The Bertz CT molecular complexity index is 1020. The smallest absolute Gasteiger partial charge is 0.337 e. The zero-order valence-electron chi connectivity index (χ0n) is 13.8. The van der Waals surface area contributed by atoms with Crippen LogP contribution in [0.3, 0.4) is 0 Å². The number of hydrogen-bond donors (Lipinski definition) is 1. The van der Waals surface area contributed by atoms with Crippen molar-refractivity contribution in [2.75, 3.05) is 13.7 Å². The molecular weight excluding hydrogens is 484 g/mol. The molecule has 26 heavy (non-hydrogen) atoms. The number of hydrogen-bond acceptors (Lipinski definition) is 4. The van der Waals surface area contributed by atoms with Crippen LogP contribution in [-0.2, 0) is 17.7 Å². The monoisotopic (exact) mass is 496 g/mol. The van der Waals surface area contributed by atoms with E-state index in [2.05, 4.69) is 36.8 Å². The molecule has 1 aliphatic heterocycles. The number of carbonyl (C=O) groups is 2. The topological polar surface area (TPSA) is 62.4 Å². The molecule has 1 aromatic carbocycles. The van der Waals surface area contributed by atoms with Crippen molar-refractivity contribution in [2.45, 2.75) is 13.0 Å². The van der Waals surface area contributed by atoms with E-state index < -0.39 is 0 Å². The zero-order valence-corrected chi connectivity index (χ0v) is 17.8. The number of esters is 1. The van der Waals surface area contributed by atoms with Crippen LogP contribution in [0.25, 0.3) is 10.9 Å². The number of fused-ring (bicyclic) bond motifs is 3. The van der Waals surface area contributed by atoms with Crippen molar-refractivity contribution in [1.29, 1.82) is 0 Å². The molecule has 8 heteroatoms. The van der Waals surface area contributed by atoms with Crippen molar-refractivity contribution in [1.82, 2.24) is 9.88 Å². The van der Waals surface area contributed by atoms with Crippen LogP contribution in [-0.4, -0.2) is 35.4 Å². The number of nitrogens with zero attached hydrogens (tertiary/aromatic N) is 1. The number of thiophene rings is 1. The van der Waals surface area contributed by atoms with E-state index in [1.54, 1.807) is 6.07 Å². The van der Waals surface area contributed by atoms with Crippen LogP contribution in [0, 0.1) is 0 Å². The van der Waals surface area contributed by atoms with Crippen molar-refractivity contribution in [2.24, 2.45) is 0 Å². The van der Waals surface area contributed by atoms with E-state index >= 15 is 0 Å². The molecule has 0 aliphatic carbocycles. The molecule has 0 radical (unpaired) electrons. The Morgan fingerprint density at radius 2 is 2.08 bits per heavy atom. The van der Waals surface area contributed by atoms with Gasteiger partial charge in [0.2, 0.25) is 0 Å². The third-order valence-electron chi connectivity index (χ3n) is 4.54. The van der Waals surface area contributed by atoms with Gasteiger partial charge in [0.1, 0.15) is 0 Å². The maximum atomic E-state index is 12.9. The van der Waals surface area contributed by atoms with Gasteiger partial charge in [0, 0.05) is 46.1 Å². The fraction of sp³-hybridized carbons (Fsp3) is 0.222. The second-order valence-electron chi connectivity index (χ2n) is 6.04. The minimum atomic E-state index is -0.362. The lowest BCUT2D eigenvalue weighted by atomic mass is 10.0.